The van der Waals surface area contributed by atoms with Crippen molar-refractivity contribution in [1.29, 1.82) is 0 Å². The van der Waals surface area contributed by atoms with Gasteiger partial charge < -0.3 is 14.8 Å². The van der Waals surface area contributed by atoms with Crippen molar-refractivity contribution in [3.63, 3.8) is 0 Å². The molecule has 100 valence electrons. The molecule has 0 bridgehead atoms. The van der Waals surface area contributed by atoms with Gasteiger partial charge in [-0.25, -0.2) is 0 Å². The van der Waals surface area contributed by atoms with Gasteiger partial charge in [0.25, 0.3) is 0 Å². The normalized spacial score (nSPS) is 10.2. The Bertz CT molecular complexity index is 529. The molecule has 0 saturated carbocycles. The second-order valence-corrected chi connectivity index (χ2v) is 4.00. The highest BCUT2D eigenvalue weighted by Crippen LogP contribution is 2.31. The molecule has 0 fully saturated rings. The topological polar surface area (TPSA) is 43.4 Å². The van der Waals surface area contributed by atoms with Gasteiger partial charge in [-0.3, -0.25) is 4.98 Å². The maximum absolute atomic E-state index is 5.86. The van der Waals surface area contributed by atoms with Crippen LogP contribution in [0.2, 0.25) is 0 Å². The standard InChI is InChI=1S/C15H18N2O2/c1-3-18-14-6-4-5-7-15(14)19-13-8-9-17-12(10-13)11-16-2/h4-10,16H,3,11H2,1-2H3. The van der Waals surface area contributed by atoms with Crippen LogP contribution in [0.3, 0.4) is 0 Å². The number of nitrogens with one attached hydrogen (secondary N) is 1. The van der Waals surface area contributed by atoms with E-state index in [0.717, 1.165) is 17.2 Å². The fraction of sp³-hybridized carbons (Fsp3) is 0.267. The zero-order valence-corrected chi connectivity index (χ0v) is 11.2. The maximum Gasteiger partial charge on any atom is 0.169 e. The van der Waals surface area contributed by atoms with Crippen molar-refractivity contribution in [2.75, 3.05) is 13.7 Å². The van der Waals surface area contributed by atoms with E-state index in [9.17, 15) is 0 Å². The van der Waals surface area contributed by atoms with Crippen LogP contribution in [-0.4, -0.2) is 18.6 Å². The molecule has 1 aromatic heterocycles. The Hall–Kier alpha value is -2.07. The summed E-state index contributed by atoms with van der Waals surface area (Å²) >= 11 is 0. The Balaban J connectivity index is 2.18. The van der Waals surface area contributed by atoms with E-state index in [-0.39, 0.29) is 0 Å². The van der Waals surface area contributed by atoms with Crippen molar-refractivity contribution in [2.45, 2.75) is 13.5 Å². The van der Waals surface area contributed by atoms with Crippen LogP contribution < -0.4 is 14.8 Å². The summed E-state index contributed by atoms with van der Waals surface area (Å²) in [5.74, 6) is 2.22. The molecular weight excluding hydrogens is 240 g/mol. The second kappa shape index (κ2) is 6.75. The molecule has 0 saturated heterocycles. The van der Waals surface area contributed by atoms with Crippen LogP contribution >= 0.6 is 0 Å². The SMILES string of the molecule is CCOc1ccccc1Oc1ccnc(CNC)c1. The molecule has 0 aliphatic carbocycles. The molecule has 0 spiro atoms. The molecule has 4 heteroatoms. The number of rotatable bonds is 6. The Kier molecular flexibility index (Phi) is 4.75. The van der Waals surface area contributed by atoms with Crippen molar-refractivity contribution in [1.82, 2.24) is 10.3 Å². The molecule has 0 unspecified atom stereocenters. The van der Waals surface area contributed by atoms with Gasteiger partial charge in [0.1, 0.15) is 5.75 Å². The average molecular weight is 258 g/mol. The summed E-state index contributed by atoms with van der Waals surface area (Å²) in [6, 6.07) is 11.4. The minimum atomic E-state index is 0.613. The van der Waals surface area contributed by atoms with Crippen LogP contribution in [0.25, 0.3) is 0 Å². The lowest BCUT2D eigenvalue weighted by atomic mass is 10.3. The summed E-state index contributed by atoms with van der Waals surface area (Å²) in [4.78, 5) is 4.26. The van der Waals surface area contributed by atoms with E-state index < -0.39 is 0 Å². The van der Waals surface area contributed by atoms with Gasteiger partial charge in [-0.1, -0.05) is 12.1 Å². The number of ether oxygens (including phenoxy) is 2. The van der Waals surface area contributed by atoms with Gasteiger partial charge in [0, 0.05) is 18.8 Å². The van der Waals surface area contributed by atoms with Crippen molar-refractivity contribution in [2.24, 2.45) is 0 Å². The summed E-state index contributed by atoms with van der Waals surface area (Å²) in [6.07, 6.45) is 1.74. The van der Waals surface area contributed by atoms with Crippen molar-refractivity contribution in [3.05, 3.63) is 48.3 Å². The molecule has 0 radical (unpaired) electrons. The minimum absolute atomic E-state index is 0.613. The monoisotopic (exact) mass is 258 g/mol. The van der Waals surface area contributed by atoms with Crippen LogP contribution in [0.1, 0.15) is 12.6 Å². The van der Waals surface area contributed by atoms with Gasteiger partial charge in [-0.15, -0.1) is 0 Å². The fourth-order valence-electron chi connectivity index (χ4n) is 1.73. The first-order chi connectivity index (χ1) is 9.33. The van der Waals surface area contributed by atoms with Crippen LogP contribution in [0.15, 0.2) is 42.6 Å². The lowest BCUT2D eigenvalue weighted by Crippen LogP contribution is -2.06. The second-order valence-electron chi connectivity index (χ2n) is 4.00. The molecule has 0 aliphatic rings. The Morgan fingerprint density at radius 3 is 2.68 bits per heavy atom. The first-order valence-corrected chi connectivity index (χ1v) is 6.32. The summed E-state index contributed by atoms with van der Waals surface area (Å²) in [6.45, 7) is 3.28. The van der Waals surface area contributed by atoms with Gasteiger partial charge in [-0.05, 0) is 32.2 Å². The highest BCUT2D eigenvalue weighted by molar-refractivity contribution is 5.42. The van der Waals surface area contributed by atoms with Gasteiger partial charge in [0.15, 0.2) is 11.5 Å². The summed E-state index contributed by atoms with van der Waals surface area (Å²) in [5, 5.41) is 3.06. The molecule has 1 aromatic carbocycles. The zero-order valence-electron chi connectivity index (χ0n) is 11.2. The number of hydrogen-bond donors (Lipinski definition) is 1. The number of hydrogen-bond acceptors (Lipinski definition) is 4. The number of aromatic nitrogens is 1. The predicted molar refractivity (Wildman–Crippen MR) is 74.7 cm³/mol. The van der Waals surface area contributed by atoms with Gasteiger partial charge in [-0.2, -0.15) is 0 Å². The van der Waals surface area contributed by atoms with E-state index in [4.69, 9.17) is 9.47 Å². The van der Waals surface area contributed by atoms with Gasteiger partial charge >= 0.3 is 0 Å². The van der Waals surface area contributed by atoms with Crippen LogP contribution in [-0.2, 0) is 6.54 Å². The largest absolute Gasteiger partial charge is 0.490 e. The van der Waals surface area contributed by atoms with Crippen molar-refractivity contribution < 1.29 is 9.47 Å². The Labute approximate surface area is 113 Å². The molecule has 19 heavy (non-hydrogen) atoms. The van der Waals surface area contributed by atoms with Crippen molar-refractivity contribution >= 4 is 0 Å². The summed E-state index contributed by atoms with van der Waals surface area (Å²) < 4.78 is 11.4. The number of benzene rings is 1. The number of para-hydroxylation sites is 2. The number of nitrogens with zero attached hydrogens (tertiary/aromatic N) is 1. The smallest absolute Gasteiger partial charge is 0.169 e. The van der Waals surface area contributed by atoms with E-state index in [1.165, 1.54) is 0 Å². The van der Waals surface area contributed by atoms with E-state index >= 15 is 0 Å². The summed E-state index contributed by atoms with van der Waals surface area (Å²) in [5.41, 5.74) is 0.939. The van der Waals surface area contributed by atoms with E-state index in [2.05, 4.69) is 10.3 Å². The highest BCUT2D eigenvalue weighted by atomic mass is 16.5. The minimum Gasteiger partial charge on any atom is -0.490 e. The van der Waals surface area contributed by atoms with Gasteiger partial charge in [0.2, 0.25) is 0 Å². The molecule has 4 nitrogen and oxygen atoms in total. The predicted octanol–water partition coefficient (Wildman–Crippen LogP) is 2.99. The lowest BCUT2D eigenvalue weighted by molar-refractivity contribution is 0.321. The molecular formula is C15H18N2O2. The highest BCUT2D eigenvalue weighted by Gasteiger charge is 2.05. The van der Waals surface area contributed by atoms with Crippen LogP contribution in [0.4, 0.5) is 0 Å². The fourth-order valence-corrected chi connectivity index (χ4v) is 1.73. The number of pyridine rings is 1. The van der Waals surface area contributed by atoms with E-state index in [1.807, 2.05) is 50.4 Å². The molecule has 0 amide bonds. The molecule has 0 atom stereocenters. The van der Waals surface area contributed by atoms with E-state index in [0.29, 0.717) is 18.9 Å². The first-order valence-electron chi connectivity index (χ1n) is 6.32. The average Bonchev–Trinajstić information content (AvgIpc) is 2.42. The third-order valence-electron chi connectivity index (χ3n) is 2.52. The van der Waals surface area contributed by atoms with Crippen LogP contribution in [0, 0.1) is 0 Å². The Morgan fingerprint density at radius 2 is 1.95 bits per heavy atom. The molecule has 1 N–H and O–H groups in total. The van der Waals surface area contributed by atoms with Gasteiger partial charge in [0.05, 0.1) is 12.3 Å². The molecule has 0 aliphatic heterocycles. The Morgan fingerprint density at radius 1 is 1.16 bits per heavy atom. The van der Waals surface area contributed by atoms with E-state index in [1.54, 1.807) is 6.20 Å². The third-order valence-corrected chi connectivity index (χ3v) is 2.52. The van der Waals surface area contributed by atoms with Crippen molar-refractivity contribution in [3.8, 4) is 17.2 Å². The zero-order chi connectivity index (χ0) is 13.5. The maximum atomic E-state index is 5.86. The summed E-state index contributed by atoms with van der Waals surface area (Å²) in [7, 11) is 1.89. The molecule has 1 heterocycles. The first kappa shape index (κ1) is 13.4. The lowest BCUT2D eigenvalue weighted by Gasteiger charge is -2.11. The third kappa shape index (κ3) is 3.69. The molecule has 2 aromatic rings. The van der Waals surface area contributed by atoms with Crippen LogP contribution in [0.5, 0.6) is 17.2 Å². The molecule has 2 rings (SSSR count). The quantitative estimate of drug-likeness (QED) is 0.865.